The van der Waals surface area contributed by atoms with Gasteiger partial charge in [-0.15, -0.1) is 0 Å². The van der Waals surface area contributed by atoms with Crippen LogP contribution in [-0.4, -0.2) is 0 Å². The minimum Gasteiger partial charge on any atom is -0.456 e. The van der Waals surface area contributed by atoms with Crippen LogP contribution in [0.3, 0.4) is 0 Å². The molecule has 4 heterocycles. The van der Waals surface area contributed by atoms with Gasteiger partial charge in [0.2, 0.25) is 0 Å². The zero-order valence-electron chi connectivity index (χ0n) is 75.5. The molecule has 0 saturated carbocycles. The Hall–Kier alpha value is -18.8. The van der Waals surface area contributed by atoms with Crippen molar-refractivity contribution in [2.75, 3.05) is 19.6 Å². The lowest BCUT2D eigenvalue weighted by Crippen LogP contribution is -2.11. The summed E-state index contributed by atoms with van der Waals surface area (Å²) in [6.45, 7) is 0. The number of hydrogen-bond acceptors (Lipinski definition) is 8. The minimum atomic E-state index is 0.734. The van der Waals surface area contributed by atoms with E-state index in [9.17, 15) is 0 Å². The van der Waals surface area contributed by atoms with Crippen molar-refractivity contribution in [2.24, 2.45) is 0 Å². The monoisotopic (exact) mass is 1780 g/mol. The van der Waals surface area contributed by atoms with E-state index in [2.05, 4.69) is 493 Å². The Labute approximate surface area is 801 Å². The second-order valence-electron chi connectivity index (χ2n) is 37.1. The van der Waals surface area contributed by atoms with Gasteiger partial charge in [-0.05, 0) is 206 Å². The first-order valence-electron chi connectivity index (χ1n) is 47.9. The number of benzene rings is 26. The molecular formula is C132H78N4O4. The fourth-order valence-corrected chi connectivity index (χ4v) is 23.6. The normalized spacial score (nSPS) is 12.1. The maximum absolute atomic E-state index is 7.95. The molecule has 0 aliphatic heterocycles. The lowest BCUT2D eigenvalue weighted by Gasteiger charge is -2.28. The van der Waals surface area contributed by atoms with Crippen LogP contribution in [0.4, 0.5) is 68.2 Å². The SMILES string of the molecule is c1ccc(N(c2cccc3c2ccc2ccccc23)c2cc3oc4ccc5oc6cc(N(c7ccc(-c8cc9oc%10cc(N(c%11ccccc%11)c%11ccc%12c(ccc%13ccccc%13%12)c%11)c%11ccccc%11c%10c9c9c8oc8cc(N(c%10ccccc%10)c%10ccc%11c(ccc%12ccccc%12%11)c%10)c%10ccccc%10c89)cc7)c7cccc8c7ccc7ccccc78)c7ccccc7c6c5c4c3c3ccccc23)cc1. The zero-order chi connectivity index (χ0) is 91.5. The summed E-state index contributed by atoms with van der Waals surface area (Å²) in [7, 11) is 0. The highest BCUT2D eigenvalue weighted by molar-refractivity contribution is 6.39. The van der Waals surface area contributed by atoms with E-state index in [1.54, 1.807) is 0 Å². The van der Waals surface area contributed by atoms with E-state index in [1.165, 1.54) is 59.2 Å². The van der Waals surface area contributed by atoms with E-state index < -0.39 is 0 Å². The Kier molecular flexibility index (Phi) is 16.8. The van der Waals surface area contributed by atoms with Crippen molar-refractivity contribution in [1.82, 2.24) is 0 Å². The first-order valence-corrected chi connectivity index (χ1v) is 47.9. The molecule has 650 valence electrons. The van der Waals surface area contributed by atoms with Crippen LogP contribution in [0.25, 0.3) is 228 Å². The summed E-state index contributed by atoms with van der Waals surface area (Å²) < 4.78 is 30.5. The highest BCUT2D eigenvalue weighted by atomic mass is 16.3. The lowest BCUT2D eigenvalue weighted by atomic mass is 9.93. The van der Waals surface area contributed by atoms with Gasteiger partial charge in [0.05, 0.1) is 34.1 Å². The molecule has 0 amide bonds. The molecule has 0 aliphatic rings. The van der Waals surface area contributed by atoms with Gasteiger partial charge in [-0.2, -0.15) is 0 Å². The molecule has 0 fully saturated rings. The van der Waals surface area contributed by atoms with Gasteiger partial charge in [-0.3, -0.25) is 0 Å². The van der Waals surface area contributed by atoms with E-state index in [0.29, 0.717) is 0 Å². The second-order valence-corrected chi connectivity index (χ2v) is 37.1. The van der Waals surface area contributed by atoms with E-state index in [0.717, 1.165) is 237 Å². The van der Waals surface area contributed by atoms with Gasteiger partial charge in [-0.25, -0.2) is 0 Å². The third kappa shape index (κ3) is 11.7. The highest BCUT2D eigenvalue weighted by Crippen LogP contribution is 2.57. The number of furan rings is 4. The van der Waals surface area contributed by atoms with Gasteiger partial charge in [0, 0.05) is 139 Å². The molecule has 0 aliphatic carbocycles. The van der Waals surface area contributed by atoms with Gasteiger partial charge < -0.3 is 37.3 Å². The summed E-state index contributed by atoms with van der Waals surface area (Å²) in [5, 5.41) is 35.4. The molecule has 0 N–H and O–H groups in total. The Morgan fingerprint density at radius 3 is 0.800 bits per heavy atom. The minimum absolute atomic E-state index is 0.734. The van der Waals surface area contributed by atoms with Crippen LogP contribution >= 0.6 is 0 Å². The average molecular weight is 1780 g/mol. The fraction of sp³-hybridized carbons (Fsp3) is 0. The van der Waals surface area contributed by atoms with Crippen LogP contribution in [0.2, 0.25) is 0 Å². The van der Waals surface area contributed by atoms with Gasteiger partial charge in [0.25, 0.3) is 0 Å². The third-order valence-corrected chi connectivity index (χ3v) is 29.6. The Balaban J connectivity index is 0.638. The summed E-state index contributed by atoms with van der Waals surface area (Å²) in [5.41, 5.74) is 19.9. The van der Waals surface area contributed by atoms with Crippen LogP contribution in [0.15, 0.2) is 491 Å². The van der Waals surface area contributed by atoms with E-state index >= 15 is 0 Å². The Morgan fingerprint density at radius 1 is 0.129 bits per heavy atom. The molecule has 4 aromatic heterocycles. The van der Waals surface area contributed by atoms with Crippen molar-refractivity contribution < 1.29 is 17.7 Å². The summed E-state index contributed by atoms with van der Waals surface area (Å²) in [6.07, 6.45) is 0. The second kappa shape index (κ2) is 30.4. The molecule has 0 unspecified atom stereocenters. The van der Waals surface area contributed by atoms with E-state index in [1.807, 2.05) is 0 Å². The molecule has 0 saturated heterocycles. The average Bonchev–Trinajstić information content (AvgIpc) is 1.54. The van der Waals surface area contributed by atoms with Crippen molar-refractivity contribution in [3.05, 3.63) is 473 Å². The molecule has 140 heavy (non-hydrogen) atoms. The molecule has 26 aromatic carbocycles. The molecule has 30 aromatic rings. The standard InChI is InChI=1S/C132H78N4O4/c1-4-32-86(33-5-1)133(90-64-68-96-84(72-90)56-54-79-28-10-14-38-92(79)96)113-75-122-126(106-46-22-18-42-100(106)113)130-119(139-122)74-110(132-131(130)127-109-49-25-19-43-101(109)114(76-123(127)140-132)134(87-34-6-2-7-35-87)91-65-69-97-85(73-91)57-55-80-29-11-15-39-93(80)97)83-58-62-89(63-59-83)136(112-53-27-51-99-95-41-17-13-31-82(95)61-67-105(99)112)116-78-121-125(108-48-24-21-45-103(108)116)129-118(138-121)71-70-117-128(129)124-107-47-23-20-44-102(107)115(77-120(124)137-117)135(88-36-8-3-9-37-88)111-52-26-50-98-94-40-16-12-30-81(94)60-66-104(98)111/h1-78H. The van der Waals surface area contributed by atoms with Crippen LogP contribution < -0.4 is 19.6 Å². The molecule has 30 rings (SSSR count). The Bertz CT molecular complexity index is 10500. The Morgan fingerprint density at radius 2 is 0.393 bits per heavy atom. The highest BCUT2D eigenvalue weighted by Gasteiger charge is 2.33. The number of rotatable bonds is 13. The fourth-order valence-electron chi connectivity index (χ4n) is 23.6. The van der Waals surface area contributed by atoms with E-state index in [-0.39, 0.29) is 0 Å². The number of nitrogens with zero attached hydrogens (tertiary/aromatic N) is 4. The maximum Gasteiger partial charge on any atom is 0.144 e. The predicted octanol–water partition coefficient (Wildman–Crippen LogP) is 38.7. The quantitative estimate of drug-likeness (QED) is 0.106. The number of anilines is 12. The largest absolute Gasteiger partial charge is 0.456 e. The van der Waals surface area contributed by atoms with Gasteiger partial charge in [0.1, 0.15) is 44.7 Å². The first kappa shape index (κ1) is 77.7. The molecule has 0 radical (unpaired) electrons. The summed E-state index contributed by atoms with van der Waals surface area (Å²) in [6, 6.07) is 172. The van der Waals surface area contributed by atoms with Crippen molar-refractivity contribution in [3.8, 4) is 11.1 Å². The van der Waals surface area contributed by atoms with Crippen molar-refractivity contribution in [1.29, 1.82) is 0 Å². The topological polar surface area (TPSA) is 65.5 Å². The van der Waals surface area contributed by atoms with Gasteiger partial charge >= 0.3 is 0 Å². The third-order valence-electron chi connectivity index (χ3n) is 29.6. The molecule has 0 spiro atoms. The lowest BCUT2D eigenvalue weighted by molar-refractivity contribution is 0.663. The molecule has 0 bridgehead atoms. The molecular weight excluding hydrogens is 1710 g/mol. The van der Waals surface area contributed by atoms with Crippen LogP contribution in [0.1, 0.15) is 0 Å². The first-order chi connectivity index (χ1) is 69.4. The van der Waals surface area contributed by atoms with Crippen molar-refractivity contribution in [3.63, 3.8) is 0 Å². The zero-order valence-corrected chi connectivity index (χ0v) is 75.5. The van der Waals surface area contributed by atoms with Gasteiger partial charge in [0.15, 0.2) is 0 Å². The molecule has 8 heteroatoms. The van der Waals surface area contributed by atoms with Crippen molar-refractivity contribution in [2.45, 2.75) is 0 Å². The van der Waals surface area contributed by atoms with Crippen LogP contribution in [0.5, 0.6) is 0 Å². The number of fused-ring (bicyclic) bond motifs is 34. The summed E-state index contributed by atoms with van der Waals surface area (Å²) in [4.78, 5) is 9.67. The maximum atomic E-state index is 7.95. The number of hydrogen-bond donors (Lipinski definition) is 0. The molecule has 8 nitrogen and oxygen atoms in total. The molecule has 0 atom stereocenters. The smallest absolute Gasteiger partial charge is 0.144 e. The summed E-state index contributed by atoms with van der Waals surface area (Å²) >= 11 is 0. The number of para-hydroxylation sites is 3. The van der Waals surface area contributed by atoms with Crippen LogP contribution in [0, 0.1) is 0 Å². The van der Waals surface area contributed by atoms with Crippen molar-refractivity contribution >= 4 is 285 Å². The predicted molar refractivity (Wildman–Crippen MR) is 590 cm³/mol. The van der Waals surface area contributed by atoms with Crippen LogP contribution in [-0.2, 0) is 0 Å². The summed E-state index contributed by atoms with van der Waals surface area (Å²) in [5.74, 6) is 0. The van der Waals surface area contributed by atoms with Gasteiger partial charge in [-0.1, -0.05) is 346 Å². The van der Waals surface area contributed by atoms with E-state index in [4.69, 9.17) is 17.7 Å².